The number of nitrogens with zero attached hydrogens (tertiary/aromatic N) is 1. The number of aromatic nitrogens is 2. The van der Waals surface area contributed by atoms with Crippen LogP contribution in [0, 0.1) is 13.8 Å². The number of aryl methyl sites for hydroxylation is 3. The molecule has 3 N–H and O–H groups in total. The molecule has 2 aromatic heterocycles. The number of fused-ring (bicyclic) bond motifs is 1. The summed E-state index contributed by atoms with van der Waals surface area (Å²) in [5, 5.41) is 4.93. The van der Waals surface area contributed by atoms with Gasteiger partial charge < -0.3 is 20.0 Å². The molecule has 5 rings (SSSR count). The van der Waals surface area contributed by atoms with Gasteiger partial charge in [-0.15, -0.1) is 0 Å². The molecule has 1 aromatic carbocycles. The molecule has 1 saturated heterocycles. The summed E-state index contributed by atoms with van der Waals surface area (Å²) in [4.78, 5) is 12.1. The summed E-state index contributed by atoms with van der Waals surface area (Å²) in [5.41, 5.74) is 8.90. The second-order valence-electron chi connectivity index (χ2n) is 8.87. The van der Waals surface area contributed by atoms with Gasteiger partial charge in [-0.3, -0.25) is 0 Å². The molecular weight excluding hydrogens is 396 g/mol. The molecule has 2 aliphatic heterocycles. The molecule has 5 nitrogen and oxygen atoms in total. The highest BCUT2D eigenvalue weighted by Gasteiger charge is 2.23. The van der Waals surface area contributed by atoms with E-state index in [9.17, 15) is 0 Å². The van der Waals surface area contributed by atoms with Crippen molar-refractivity contribution in [2.24, 2.45) is 4.99 Å². The van der Waals surface area contributed by atoms with Crippen LogP contribution in [0.3, 0.4) is 0 Å². The molecule has 5 heteroatoms. The highest BCUT2D eigenvalue weighted by Crippen LogP contribution is 2.31. The lowest BCUT2D eigenvalue weighted by atomic mass is 9.99. The number of benzene rings is 1. The summed E-state index contributed by atoms with van der Waals surface area (Å²) in [6, 6.07) is 11.4. The minimum Gasteiger partial charge on any atom is -0.492 e. The van der Waals surface area contributed by atoms with Gasteiger partial charge in [0, 0.05) is 34.4 Å². The molecule has 0 spiro atoms. The van der Waals surface area contributed by atoms with Crippen molar-refractivity contribution in [3.05, 3.63) is 76.1 Å². The van der Waals surface area contributed by atoms with E-state index < -0.39 is 0 Å². The van der Waals surface area contributed by atoms with Crippen molar-refractivity contribution in [2.45, 2.75) is 52.5 Å². The Labute approximate surface area is 189 Å². The molecule has 166 valence electrons. The van der Waals surface area contributed by atoms with Crippen molar-refractivity contribution >= 4 is 22.7 Å². The fraction of sp³-hybridized carbons (Fsp3) is 0.370. The lowest BCUT2D eigenvalue weighted by Gasteiger charge is -2.10. The highest BCUT2D eigenvalue weighted by molar-refractivity contribution is 6.14. The molecule has 1 unspecified atom stereocenters. The maximum absolute atomic E-state index is 5.98. The number of rotatable bonds is 7. The predicted octanol–water partition coefficient (Wildman–Crippen LogP) is 5.56. The third-order valence-corrected chi connectivity index (χ3v) is 6.51. The van der Waals surface area contributed by atoms with Crippen molar-refractivity contribution in [3.63, 3.8) is 0 Å². The fourth-order valence-electron chi connectivity index (χ4n) is 4.95. The van der Waals surface area contributed by atoms with E-state index in [1.54, 1.807) is 0 Å². The maximum Gasteiger partial charge on any atom is 0.147 e. The van der Waals surface area contributed by atoms with Crippen LogP contribution in [0.4, 0.5) is 0 Å². The molecule has 2 aliphatic rings. The van der Waals surface area contributed by atoms with E-state index in [2.05, 4.69) is 71.6 Å². The van der Waals surface area contributed by atoms with E-state index in [0.29, 0.717) is 12.6 Å². The normalized spacial score (nSPS) is 19.7. The number of nitrogens with one attached hydrogen (secondary N) is 3. The van der Waals surface area contributed by atoms with Gasteiger partial charge in [-0.2, -0.15) is 0 Å². The van der Waals surface area contributed by atoms with Gasteiger partial charge in [0.15, 0.2) is 0 Å². The van der Waals surface area contributed by atoms with Gasteiger partial charge in [-0.05, 0) is 82.3 Å². The summed E-state index contributed by atoms with van der Waals surface area (Å²) in [6.45, 7) is 7.97. The summed E-state index contributed by atoms with van der Waals surface area (Å²) < 4.78 is 5.98. The Morgan fingerprint density at radius 3 is 2.81 bits per heavy atom. The number of allylic oxidation sites excluding steroid dienone is 1. The van der Waals surface area contributed by atoms with Crippen LogP contribution >= 0.6 is 0 Å². The summed E-state index contributed by atoms with van der Waals surface area (Å²) in [6.07, 6.45) is 8.92. The molecule has 4 heterocycles. The molecule has 0 radical (unpaired) electrons. The van der Waals surface area contributed by atoms with Crippen LogP contribution in [0.1, 0.15) is 54.4 Å². The first-order chi connectivity index (χ1) is 15.6. The Kier molecular flexibility index (Phi) is 5.75. The van der Waals surface area contributed by atoms with E-state index in [4.69, 9.17) is 9.73 Å². The second-order valence-corrected chi connectivity index (χ2v) is 8.87. The van der Waals surface area contributed by atoms with Crippen molar-refractivity contribution < 1.29 is 4.74 Å². The van der Waals surface area contributed by atoms with Gasteiger partial charge >= 0.3 is 0 Å². The van der Waals surface area contributed by atoms with E-state index in [1.165, 1.54) is 34.9 Å². The molecular formula is C27H32N4O. The first-order valence-corrected chi connectivity index (χ1v) is 11.8. The fourth-order valence-corrected chi connectivity index (χ4v) is 4.95. The predicted molar refractivity (Wildman–Crippen MR) is 132 cm³/mol. The third-order valence-electron chi connectivity index (χ3n) is 6.51. The van der Waals surface area contributed by atoms with Crippen LogP contribution in [0.5, 0.6) is 0 Å². The van der Waals surface area contributed by atoms with E-state index in [-0.39, 0.29) is 0 Å². The first-order valence-electron chi connectivity index (χ1n) is 11.8. The minimum absolute atomic E-state index is 0.613. The number of ether oxygens (including phenoxy) is 1. The summed E-state index contributed by atoms with van der Waals surface area (Å²) in [5.74, 6) is 0.830. The molecule has 0 saturated carbocycles. The van der Waals surface area contributed by atoms with Gasteiger partial charge in [-0.1, -0.05) is 18.2 Å². The zero-order valence-electron chi connectivity index (χ0n) is 19.2. The van der Waals surface area contributed by atoms with Crippen LogP contribution in [0.2, 0.25) is 0 Å². The highest BCUT2D eigenvalue weighted by atomic mass is 16.5. The number of para-hydroxylation sites is 1. The second kappa shape index (κ2) is 8.83. The molecule has 0 aliphatic carbocycles. The molecule has 1 fully saturated rings. The third kappa shape index (κ3) is 4.05. The Bertz CT molecular complexity index is 1220. The largest absolute Gasteiger partial charge is 0.492 e. The van der Waals surface area contributed by atoms with Crippen LogP contribution < -0.4 is 5.32 Å². The number of aliphatic imine (C=N–C) groups is 1. The molecule has 1 atom stereocenters. The van der Waals surface area contributed by atoms with Crippen LogP contribution in [-0.4, -0.2) is 34.9 Å². The Balaban J connectivity index is 1.54. The number of hydrogen-bond donors (Lipinski definition) is 3. The Morgan fingerprint density at radius 1 is 1.19 bits per heavy atom. The molecule has 32 heavy (non-hydrogen) atoms. The summed E-state index contributed by atoms with van der Waals surface area (Å²) in [7, 11) is 0. The monoisotopic (exact) mass is 428 g/mol. The van der Waals surface area contributed by atoms with Gasteiger partial charge in [0.1, 0.15) is 11.5 Å². The average molecular weight is 429 g/mol. The zero-order valence-corrected chi connectivity index (χ0v) is 19.2. The van der Waals surface area contributed by atoms with Crippen molar-refractivity contribution in [2.75, 3.05) is 13.2 Å². The molecule has 3 aromatic rings. The maximum atomic E-state index is 5.98. The SMILES string of the molecule is CCOC1=CC(c2[nH]c3ccccc3c2CCC2CCCN2)=N/C1=C\c1[nH]c(C)cc1C. The van der Waals surface area contributed by atoms with E-state index in [0.717, 1.165) is 53.6 Å². The van der Waals surface area contributed by atoms with E-state index >= 15 is 0 Å². The quantitative estimate of drug-likeness (QED) is 0.461. The topological polar surface area (TPSA) is 65.2 Å². The first kappa shape index (κ1) is 20.8. The average Bonchev–Trinajstić information content (AvgIpc) is 3.55. The van der Waals surface area contributed by atoms with Crippen molar-refractivity contribution in [1.29, 1.82) is 0 Å². The van der Waals surface area contributed by atoms with Gasteiger partial charge in [0.25, 0.3) is 0 Å². The lowest BCUT2D eigenvalue weighted by Crippen LogP contribution is -2.21. The van der Waals surface area contributed by atoms with Crippen LogP contribution in [-0.2, 0) is 11.2 Å². The zero-order chi connectivity index (χ0) is 22.1. The number of aromatic amines is 2. The molecule has 0 amide bonds. The summed E-state index contributed by atoms with van der Waals surface area (Å²) >= 11 is 0. The van der Waals surface area contributed by atoms with Gasteiger partial charge in [0.2, 0.25) is 0 Å². The molecule has 0 bridgehead atoms. The standard InChI is InChI=1S/C27H32N4O/c1-4-32-26-16-25(30-24(26)15-23-17(2)14-18(3)29-23)27-21(12-11-19-8-7-13-28-19)20-9-5-6-10-22(20)31-27/h5-6,9-10,14-16,19,28-29,31H,4,7-8,11-13H2,1-3H3/b24-15-. The Morgan fingerprint density at radius 2 is 2.06 bits per heavy atom. The van der Waals surface area contributed by atoms with Crippen molar-refractivity contribution in [1.82, 2.24) is 15.3 Å². The number of hydrogen-bond acceptors (Lipinski definition) is 3. The van der Waals surface area contributed by atoms with Crippen LogP contribution in [0.15, 0.2) is 52.9 Å². The van der Waals surface area contributed by atoms with Gasteiger partial charge in [-0.25, -0.2) is 4.99 Å². The lowest BCUT2D eigenvalue weighted by molar-refractivity contribution is 0.239. The van der Waals surface area contributed by atoms with Gasteiger partial charge in [0.05, 0.1) is 18.0 Å². The van der Waals surface area contributed by atoms with E-state index in [1.807, 2.05) is 6.92 Å². The van der Waals surface area contributed by atoms with Crippen LogP contribution in [0.25, 0.3) is 17.0 Å². The number of H-pyrrole nitrogens is 2. The Hall–Kier alpha value is -3.05. The van der Waals surface area contributed by atoms with Crippen molar-refractivity contribution in [3.8, 4) is 0 Å². The minimum atomic E-state index is 0.613. The smallest absolute Gasteiger partial charge is 0.147 e.